The summed E-state index contributed by atoms with van der Waals surface area (Å²) in [6.07, 6.45) is 3.41. The lowest BCUT2D eigenvalue weighted by Gasteiger charge is -2.17. The summed E-state index contributed by atoms with van der Waals surface area (Å²) in [5.41, 5.74) is 2.71. The number of rotatable bonds is 6. The number of imidazole rings is 1. The summed E-state index contributed by atoms with van der Waals surface area (Å²) in [5.74, 6) is 1.75. The highest BCUT2D eigenvalue weighted by Crippen LogP contribution is 2.22. The van der Waals surface area contributed by atoms with Crippen LogP contribution in [0.15, 0.2) is 0 Å². The van der Waals surface area contributed by atoms with Crippen molar-refractivity contribution in [2.75, 3.05) is 20.3 Å². The molecule has 0 saturated heterocycles. The molecule has 0 radical (unpaired) electrons. The first-order valence-corrected chi connectivity index (χ1v) is 7.02. The molecule has 0 unspecified atom stereocenters. The van der Waals surface area contributed by atoms with E-state index in [9.17, 15) is 0 Å². The predicted molar refractivity (Wildman–Crippen MR) is 72.8 cm³/mol. The standard InChI is InChI=1S/C14H25N3O/c1-11(2)14-16-12-10-15-7-6-13(12)17(14)8-4-5-9-18-3/h11,15H,4-10H2,1-3H3. The number of hydrogen-bond donors (Lipinski definition) is 1. The maximum Gasteiger partial charge on any atom is 0.111 e. The molecule has 0 atom stereocenters. The molecule has 0 aliphatic carbocycles. The maximum atomic E-state index is 5.12. The van der Waals surface area contributed by atoms with E-state index in [0.717, 1.165) is 39.1 Å². The molecule has 2 rings (SSSR count). The van der Waals surface area contributed by atoms with Crippen molar-refractivity contribution >= 4 is 0 Å². The van der Waals surface area contributed by atoms with Gasteiger partial charge in [-0.05, 0) is 12.8 Å². The number of fused-ring (bicyclic) bond motifs is 1. The van der Waals surface area contributed by atoms with Crippen LogP contribution < -0.4 is 5.32 Å². The minimum Gasteiger partial charge on any atom is -0.385 e. The summed E-state index contributed by atoms with van der Waals surface area (Å²) in [4.78, 5) is 4.82. The molecule has 18 heavy (non-hydrogen) atoms. The van der Waals surface area contributed by atoms with Crippen molar-refractivity contribution in [3.05, 3.63) is 17.2 Å². The van der Waals surface area contributed by atoms with E-state index < -0.39 is 0 Å². The largest absolute Gasteiger partial charge is 0.385 e. The Hall–Kier alpha value is -0.870. The van der Waals surface area contributed by atoms with Crippen LogP contribution in [-0.4, -0.2) is 29.8 Å². The van der Waals surface area contributed by atoms with Gasteiger partial charge in [-0.3, -0.25) is 0 Å². The number of methoxy groups -OCH3 is 1. The van der Waals surface area contributed by atoms with Gasteiger partial charge in [-0.2, -0.15) is 0 Å². The van der Waals surface area contributed by atoms with Crippen LogP contribution in [-0.2, 0) is 24.2 Å². The highest BCUT2D eigenvalue weighted by Gasteiger charge is 2.20. The quantitative estimate of drug-likeness (QED) is 0.787. The number of unbranched alkanes of at least 4 members (excludes halogenated alkanes) is 1. The van der Waals surface area contributed by atoms with Crippen LogP contribution in [0.1, 0.15) is 49.8 Å². The SMILES string of the molecule is COCCCCn1c(C(C)C)nc2c1CCNC2. The van der Waals surface area contributed by atoms with Gasteiger partial charge in [0.1, 0.15) is 5.82 Å². The van der Waals surface area contributed by atoms with E-state index in [1.165, 1.54) is 23.6 Å². The first-order chi connectivity index (χ1) is 8.74. The van der Waals surface area contributed by atoms with Crippen LogP contribution in [0.2, 0.25) is 0 Å². The van der Waals surface area contributed by atoms with E-state index in [2.05, 4.69) is 23.7 Å². The Kier molecular flexibility index (Phi) is 4.78. The normalized spacial score (nSPS) is 15.1. The lowest BCUT2D eigenvalue weighted by molar-refractivity contribution is 0.191. The van der Waals surface area contributed by atoms with Gasteiger partial charge in [0, 0.05) is 51.4 Å². The summed E-state index contributed by atoms with van der Waals surface area (Å²) in [6.45, 7) is 8.41. The Labute approximate surface area is 110 Å². The molecule has 0 bridgehead atoms. The topological polar surface area (TPSA) is 39.1 Å². The fourth-order valence-corrected chi connectivity index (χ4v) is 2.60. The van der Waals surface area contributed by atoms with Crippen molar-refractivity contribution in [3.8, 4) is 0 Å². The predicted octanol–water partition coefficient (Wildman–Crippen LogP) is 2.08. The third kappa shape index (κ3) is 2.93. The molecule has 1 aromatic heterocycles. The van der Waals surface area contributed by atoms with Gasteiger partial charge in [0.2, 0.25) is 0 Å². The minimum absolute atomic E-state index is 0.498. The summed E-state index contributed by atoms with van der Waals surface area (Å²) in [6, 6.07) is 0. The zero-order valence-corrected chi connectivity index (χ0v) is 11.8. The van der Waals surface area contributed by atoms with E-state index in [-0.39, 0.29) is 0 Å². The van der Waals surface area contributed by atoms with Gasteiger partial charge in [-0.1, -0.05) is 13.8 Å². The lowest BCUT2D eigenvalue weighted by atomic mass is 10.1. The maximum absolute atomic E-state index is 5.12. The first kappa shape index (κ1) is 13.6. The monoisotopic (exact) mass is 251 g/mol. The minimum atomic E-state index is 0.498. The second-order valence-electron chi connectivity index (χ2n) is 5.30. The molecule has 2 heterocycles. The summed E-state index contributed by atoms with van der Waals surface area (Å²) < 4.78 is 7.57. The smallest absolute Gasteiger partial charge is 0.111 e. The van der Waals surface area contributed by atoms with E-state index in [0.29, 0.717) is 5.92 Å². The van der Waals surface area contributed by atoms with E-state index in [4.69, 9.17) is 9.72 Å². The summed E-state index contributed by atoms with van der Waals surface area (Å²) in [7, 11) is 1.77. The van der Waals surface area contributed by atoms with Gasteiger partial charge in [0.15, 0.2) is 0 Å². The second kappa shape index (κ2) is 6.34. The number of hydrogen-bond acceptors (Lipinski definition) is 3. The zero-order chi connectivity index (χ0) is 13.0. The fourth-order valence-electron chi connectivity index (χ4n) is 2.60. The Bertz CT molecular complexity index is 385. The average molecular weight is 251 g/mol. The molecule has 1 aromatic rings. The molecular weight excluding hydrogens is 226 g/mol. The van der Waals surface area contributed by atoms with Crippen molar-refractivity contribution in [1.82, 2.24) is 14.9 Å². The van der Waals surface area contributed by atoms with Crippen molar-refractivity contribution in [1.29, 1.82) is 0 Å². The molecule has 102 valence electrons. The van der Waals surface area contributed by atoms with Gasteiger partial charge in [-0.15, -0.1) is 0 Å². The molecule has 0 spiro atoms. The van der Waals surface area contributed by atoms with Crippen LogP contribution in [0.5, 0.6) is 0 Å². The number of aromatic nitrogens is 2. The molecule has 0 fully saturated rings. The number of nitrogens with zero attached hydrogens (tertiary/aromatic N) is 2. The highest BCUT2D eigenvalue weighted by atomic mass is 16.5. The van der Waals surface area contributed by atoms with E-state index in [1.807, 2.05) is 0 Å². The highest BCUT2D eigenvalue weighted by molar-refractivity contribution is 5.21. The summed E-state index contributed by atoms with van der Waals surface area (Å²) >= 11 is 0. The third-order valence-electron chi connectivity index (χ3n) is 3.51. The Morgan fingerprint density at radius 2 is 2.22 bits per heavy atom. The Balaban J connectivity index is 2.12. The first-order valence-electron chi connectivity index (χ1n) is 7.02. The molecule has 1 aliphatic heterocycles. The lowest BCUT2D eigenvalue weighted by Crippen LogP contribution is -2.25. The van der Waals surface area contributed by atoms with Crippen molar-refractivity contribution in [2.45, 2.75) is 52.1 Å². The molecule has 1 aliphatic rings. The molecule has 4 nitrogen and oxygen atoms in total. The molecular formula is C14H25N3O. The van der Waals surface area contributed by atoms with Crippen LogP contribution >= 0.6 is 0 Å². The van der Waals surface area contributed by atoms with Gasteiger partial charge in [0.25, 0.3) is 0 Å². The van der Waals surface area contributed by atoms with Crippen molar-refractivity contribution in [3.63, 3.8) is 0 Å². The molecule has 4 heteroatoms. The molecule has 0 saturated carbocycles. The fraction of sp³-hybridized carbons (Fsp3) is 0.786. The Morgan fingerprint density at radius 3 is 2.94 bits per heavy atom. The average Bonchev–Trinajstić information content (AvgIpc) is 2.74. The summed E-state index contributed by atoms with van der Waals surface area (Å²) in [5, 5.41) is 3.40. The van der Waals surface area contributed by atoms with Gasteiger partial charge in [0.05, 0.1) is 5.69 Å². The van der Waals surface area contributed by atoms with Gasteiger partial charge >= 0.3 is 0 Å². The number of nitrogens with one attached hydrogen (secondary N) is 1. The zero-order valence-electron chi connectivity index (χ0n) is 11.8. The van der Waals surface area contributed by atoms with Crippen LogP contribution in [0.4, 0.5) is 0 Å². The third-order valence-corrected chi connectivity index (χ3v) is 3.51. The molecule has 1 N–H and O–H groups in total. The van der Waals surface area contributed by atoms with Gasteiger partial charge < -0.3 is 14.6 Å². The van der Waals surface area contributed by atoms with E-state index >= 15 is 0 Å². The van der Waals surface area contributed by atoms with E-state index in [1.54, 1.807) is 7.11 Å². The van der Waals surface area contributed by atoms with Crippen molar-refractivity contribution in [2.24, 2.45) is 0 Å². The van der Waals surface area contributed by atoms with Crippen molar-refractivity contribution < 1.29 is 4.74 Å². The molecule has 0 aromatic carbocycles. The van der Waals surface area contributed by atoms with Crippen LogP contribution in [0, 0.1) is 0 Å². The van der Waals surface area contributed by atoms with Gasteiger partial charge in [-0.25, -0.2) is 4.98 Å². The number of ether oxygens (including phenoxy) is 1. The second-order valence-corrected chi connectivity index (χ2v) is 5.30. The molecule has 0 amide bonds. The Morgan fingerprint density at radius 1 is 1.39 bits per heavy atom. The van der Waals surface area contributed by atoms with Crippen LogP contribution in [0.25, 0.3) is 0 Å². The van der Waals surface area contributed by atoms with Crippen LogP contribution in [0.3, 0.4) is 0 Å².